The second kappa shape index (κ2) is 9.19. The Bertz CT molecular complexity index is 752. The summed E-state index contributed by atoms with van der Waals surface area (Å²) in [5, 5.41) is 0. The topological polar surface area (TPSA) is 23.6 Å². The fourth-order valence-electron chi connectivity index (χ4n) is 3.20. The Balaban J connectivity index is 1.51. The Morgan fingerprint density at radius 3 is 2.62 bits per heavy atom. The number of carbonyl (C=O) groups excluding carboxylic acids is 1. The molecular weight excluding hydrogens is 347 g/mol. The number of hydrogen-bond donors (Lipinski definition) is 0. The highest BCUT2D eigenvalue weighted by molar-refractivity contribution is 8.00. The molecule has 0 N–H and O–H groups in total. The minimum Gasteiger partial charge on any atom is -0.341 e. The predicted molar refractivity (Wildman–Crippen MR) is 105 cm³/mol. The number of halogens is 1. The van der Waals surface area contributed by atoms with Crippen LogP contribution in [0.1, 0.15) is 17.5 Å². The second-order valence-electron chi connectivity index (χ2n) is 6.66. The molecule has 26 heavy (non-hydrogen) atoms. The molecule has 2 aromatic rings. The van der Waals surface area contributed by atoms with Crippen molar-refractivity contribution in [2.75, 3.05) is 31.9 Å². The summed E-state index contributed by atoms with van der Waals surface area (Å²) in [6.07, 6.45) is 0.926. The normalized spacial score (nSPS) is 15.7. The molecule has 1 fully saturated rings. The van der Waals surface area contributed by atoms with Crippen molar-refractivity contribution in [1.82, 2.24) is 9.80 Å². The van der Waals surface area contributed by atoms with Gasteiger partial charge in [0.05, 0.1) is 5.75 Å². The van der Waals surface area contributed by atoms with Crippen molar-refractivity contribution in [2.45, 2.75) is 24.8 Å². The summed E-state index contributed by atoms with van der Waals surface area (Å²) in [4.78, 5) is 17.9. The van der Waals surface area contributed by atoms with E-state index < -0.39 is 0 Å². The lowest BCUT2D eigenvalue weighted by Crippen LogP contribution is -2.36. The molecule has 2 aromatic carbocycles. The Morgan fingerprint density at radius 2 is 1.81 bits per heavy atom. The van der Waals surface area contributed by atoms with Crippen molar-refractivity contribution >= 4 is 17.7 Å². The maximum absolute atomic E-state index is 13.9. The van der Waals surface area contributed by atoms with E-state index in [4.69, 9.17) is 0 Å². The van der Waals surface area contributed by atoms with Gasteiger partial charge < -0.3 is 4.90 Å². The van der Waals surface area contributed by atoms with E-state index in [1.807, 2.05) is 29.2 Å². The van der Waals surface area contributed by atoms with E-state index in [9.17, 15) is 9.18 Å². The van der Waals surface area contributed by atoms with Crippen LogP contribution in [0.25, 0.3) is 0 Å². The van der Waals surface area contributed by atoms with Gasteiger partial charge in [0.1, 0.15) is 5.82 Å². The van der Waals surface area contributed by atoms with Crippen molar-refractivity contribution in [3.8, 4) is 0 Å². The second-order valence-corrected chi connectivity index (χ2v) is 7.67. The molecule has 0 spiro atoms. The van der Waals surface area contributed by atoms with Crippen LogP contribution in [0.5, 0.6) is 0 Å². The molecule has 3 rings (SSSR count). The minimum absolute atomic E-state index is 0.153. The van der Waals surface area contributed by atoms with E-state index in [-0.39, 0.29) is 11.7 Å². The SMILES string of the molecule is Cc1ccccc1SCC(=O)N1CCCN(Cc2ccccc2F)CC1. The van der Waals surface area contributed by atoms with E-state index >= 15 is 0 Å². The van der Waals surface area contributed by atoms with Crippen LogP contribution in [0.4, 0.5) is 4.39 Å². The number of carbonyl (C=O) groups is 1. The zero-order valence-electron chi connectivity index (χ0n) is 15.2. The molecule has 1 aliphatic rings. The summed E-state index contributed by atoms with van der Waals surface area (Å²) >= 11 is 1.61. The van der Waals surface area contributed by atoms with Gasteiger partial charge in [-0.25, -0.2) is 4.39 Å². The summed E-state index contributed by atoms with van der Waals surface area (Å²) < 4.78 is 13.9. The van der Waals surface area contributed by atoms with Crippen LogP contribution in [0.15, 0.2) is 53.4 Å². The fraction of sp³-hybridized carbons (Fsp3) is 0.381. The molecule has 138 valence electrons. The Hall–Kier alpha value is -1.85. The first-order chi connectivity index (χ1) is 12.6. The van der Waals surface area contributed by atoms with E-state index in [1.165, 1.54) is 11.6 Å². The molecule has 1 aliphatic heterocycles. The summed E-state index contributed by atoms with van der Waals surface area (Å²) in [5.74, 6) is 0.503. The van der Waals surface area contributed by atoms with Crippen molar-refractivity contribution in [3.05, 3.63) is 65.5 Å². The highest BCUT2D eigenvalue weighted by Gasteiger charge is 2.20. The lowest BCUT2D eigenvalue weighted by molar-refractivity contribution is -0.128. The first kappa shape index (κ1) is 18.9. The van der Waals surface area contributed by atoms with E-state index in [0.29, 0.717) is 18.8 Å². The molecule has 0 aromatic heterocycles. The van der Waals surface area contributed by atoms with Gasteiger partial charge in [-0.3, -0.25) is 9.69 Å². The van der Waals surface area contributed by atoms with Gasteiger partial charge in [-0.05, 0) is 31.0 Å². The third-order valence-corrected chi connectivity index (χ3v) is 5.90. The number of amides is 1. The van der Waals surface area contributed by atoms with Crippen LogP contribution in [0, 0.1) is 12.7 Å². The predicted octanol–water partition coefficient (Wildman–Crippen LogP) is 3.96. The molecule has 1 amide bonds. The Morgan fingerprint density at radius 1 is 1.04 bits per heavy atom. The van der Waals surface area contributed by atoms with Gasteiger partial charge in [0.15, 0.2) is 0 Å². The number of aryl methyl sites for hydroxylation is 1. The average Bonchev–Trinajstić information content (AvgIpc) is 2.88. The van der Waals surface area contributed by atoms with Gasteiger partial charge in [0.2, 0.25) is 5.91 Å². The van der Waals surface area contributed by atoms with E-state index in [0.717, 1.165) is 36.5 Å². The van der Waals surface area contributed by atoms with Gasteiger partial charge in [-0.15, -0.1) is 11.8 Å². The van der Waals surface area contributed by atoms with Crippen LogP contribution in [-0.2, 0) is 11.3 Å². The van der Waals surface area contributed by atoms with Crippen molar-refractivity contribution in [3.63, 3.8) is 0 Å². The Kier molecular flexibility index (Phi) is 6.69. The summed E-state index contributed by atoms with van der Waals surface area (Å²) in [6, 6.07) is 15.1. The molecule has 0 radical (unpaired) electrons. The van der Waals surface area contributed by atoms with Crippen LogP contribution in [0.2, 0.25) is 0 Å². The van der Waals surface area contributed by atoms with Gasteiger partial charge >= 0.3 is 0 Å². The van der Waals surface area contributed by atoms with Crippen LogP contribution < -0.4 is 0 Å². The average molecular weight is 373 g/mol. The van der Waals surface area contributed by atoms with Gasteiger partial charge in [0, 0.05) is 43.2 Å². The Labute approximate surface area is 159 Å². The molecule has 5 heteroatoms. The molecule has 0 unspecified atom stereocenters. The third kappa shape index (κ3) is 5.08. The number of rotatable bonds is 5. The zero-order valence-corrected chi connectivity index (χ0v) is 16.0. The molecular formula is C21H25FN2OS. The highest BCUT2D eigenvalue weighted by atomic mass is 32.2. The number of hydrogen-bond acceptors (Lipinski definition) is 3. The first-order valence-electron chi connectivity index (χ1n) is 9.05. The molecule has 1 saturated heterocycles. The quantitative estimate of drug-likeness (QED) is 0.742. The third-order valence-electron chi connectivity index (χ3n) is 4.74. The summed E-state index contributed by atoms with van der Waals surface area (Å²) in [7, 11) is 0. The van der Waals surface area contributed by atoms with Crippen molar-refractivity contribution in [2.24, 2.45) is 0 Å². The van der Waals surface area contributed by atoms with Gasteiger partial charge in [0.25, 0.3) is 0 Å². The summed E-state index contributed by atoms with van der Waals surface area (Å²) in [6.45, 7) is 5.84. The lowest BCUT2D eigenvalue weighted by atomic mass is 10.2. The molecule has 0 atom stereocenters. The molecule has 3 nitrogen and oxygen atoms in total. The van der Waals surface area contributed by atoms with Crippen molar-refractivity contribution in [1.29, 1.82) is 0 Å². The molecule has 0 bridgehead atoms. The van der Waals surface area contributed by atoms with Gasteiger partial charge in [-0.2, -0.15) is 0 Å². The van der Waals surface area contributed by atoms with E-state index in [1.54, 1.807) is 17.8 Å². The maximum Gasteiger partial charge on any atom is 0.232 e. The number of thioether (sulfide) groups is 1. The molecule has 1 heterocycles. The molecule has 0 saturated carbocycles. The smallest absolute Gasteiger partial charge is 0.232 e. The maximum atomic E-state index is 13.9. The van der Waals surface area contributed by atoms with Crippen LogP contribution >= 0.6 is 11.8 Å². The van der Waals surface area contributed by atoms with Crippen LogP contribution in [0.3, 0.4) is 0 Å². The lowest BCUT2D eigenvalue weighted by Gasteiger charge is -2.22. The zero-order chi connectivity index (χ0) is 18.4. The molecule has 0 aliphatic carbocycles. The first-order valence-corrected chi connectivity index (χ1v) is 10.0. The van der Waals surface area contributed by atoms with Crippen LogP contribution in [-0.4, -0.2) is 47.6 Å². The number of benzene rings is 2. The van der Waals surface area contributed by atoms with Crippen molar-refractivity contribution < 1.29 is 9.18 Å². The number of nitrogens with zero attached hydrogens (tertiary/aromatic N) is 2. The monoisotopic (exact) mass is 372 g/mol. The highest BCUT2D eigenvalue weighted by Crippen LogP contribution is 2.22. The standard InChI is InChI=1S/C21H25FN2OS/c1-17-7-2-5-10-20(17)26-16-21(25)24-12-6-11-23(13-14-24)15-18-8-3-4-9-19(18)22/h2-5,7-10H,6,11-16H2,1H3. The fourth-order valence-corrected chi connectivity index (χ4v) is 4.13. The van der Waals surface area contributed by atoms with E-state index in [2.05, 4.69) is 24.0 Å². The summed E-state index contributed by atoms with van der Waals surface area (Å²) in [5.41, 5.74) is 1.93. The van der Waals surface area contributed by atoms with Gasteiger partial charge in [-0.1, -0.05) is 36.4 Å². The minimum atomic E-state index is -0.153. The largest absolute Gasteiger partial charge is 0.341 e.